The van der Waals surface area contributed by atoms with Crippen molar-refractivity contribution >= 4 is 40.2 Å². The van der Waals surface area contributed by atoms with E-state index < -0.39 is 0 Å². The van der Waals surface area contributed by atoms with E-state index in [0.717, 1.165) is 3.57 Å². The van der Waals surface area contributed by atoms with Crippen molar-refractivity contribution in [2.75, 3.05) is 7.11 Å². The van der Waals surface area contributed by atoms with Crippen molar-refractivity contribution < 1.29 is 9.53 Å². The predicted octanol–water partition coefficient (Wildman–Crippen LogP) is 2.73. The van der Waals surface area contributed by atoms with Gasteiger partial charge in [-0.1, -0.05) is 11.6 Å². The Labute approximate surface area is 89.0 Å². The second-order valence-corrected chi connectivity index (χ2v) is 3.69. The molecule has 0 aliphatic carbocycles. The zero-order valence-electron chi connectivity index (χ0n) is 6.30. The smallest absolute Gasteiger partial charge is 0.337 e. The van der Waals surface area contributed by atoms with Crippen LogP contribution in [0.15, 0.2) is 18.2 Å². The first kappa shape index (κ1) is 9.80. The highest BCUT2D eigenvalue weighted by Gasteiger charge is 2.06. The molecule has 0 bridgehead atoms. The molecule has 4 heteroatoms. The third-order valence-corrected chi connectivity index (χ3v) is 2.91. The molecule has 0 aromatic heterocycles. The van der Waals surface area contributed by atoms with Crippen LogP contribution >= 0.6 is 34.2 Å². The molecule has 0 spiro atoms. The molecule has 2 nitrogen and oxygen atoms in total. The van der Waals surface area contributed by atoms with Crippen LogP contribution in [0.25, 0.3) is 0 Å². The molecule has 0 atom stereocenters. The van der Waals surface area contributed by atoms with Crippen molar-refractivity contribution in [3.8, 4) is 0 Å². The standard InChI is InChI=1S/C8H6ClIO2/c1-12-8(11)5-2-3-7(10)6(9)4-5/h2-4H,1H3. The Balaban J connectivity index is 3.05. The van der Waals surface area contributed by atoms with Crippen LogP contribution in [0, 0.1) is 3.57 Å². The van der Waals surface area contributed by atoms with Gasteiger partial charge in [-0.15, -0.1) is 0 Å². The molecular weight excluding hydrogens is 290 g/mol. The van der Waals surface area contributed by atoms with E-state index in [1.807, 2.05) is 0 Å². The molecule has 0 aliphatic heterocycles. The normalized spacial score (nSPS) is 9.58. The zero-order chi connectivity index (χ0) is 9.14. The molecule has 0 N–H and O–H groups in total. The SMILES string of the molecule is COC(=O)c1ccc(I)c(Cl)c1. The average molecular weight is 296 g/mol. The maximum absolute atomic E-state index is 11.0. The van der Waals surface area contributed by atoms with Gasteiger partial charge in [-0.2, -0.15) is 0 Å². The second-order valence-electron chi connectivity index (χ2n) is 2.12. The van der Waals surface area contributed by atoms with E-state index in [1.54, 1.807) is 18.2 Å². The summed E-state index contributed by atoms with van der Waals surface area (Å²) in [4.78, 5) is 11.0. The van der Waals surface area contributed by atoms with Gasteiger partial charge in [-0.3, -0.25) is 0 Å². The van der Waals surface area contributed by atoms with Gasteiger partial charge >= 0.3 is 5.97 Å². The molecule has 12 heavy (non-hydrogen) atoms. The van der Waals surface area contributed by atoms with E-state index in [4.69, 9.17) is 11.6 Å². The van der Waals surface area contributed by atoms with Gasteiger partial charge in [-0.05, 0) is 40.8 Å². The van der Waals surface area contributed by atoms with E-state index in [-0.39, 0.29) is 5.97 Å². The Hall–Kier alpha value is -0.290. The van der Waals surface area contributed by atoms with Crippen molar-refractivity contribution in [2.24, 2.45) is 0 Å². The summed E-state index contributed by atoms with van der Waals surface area (Å²) in [5.41, 5.74) is 0.475. The van der Waals surface area contributed by atoms with Gasteiger partial charge in [0.15, 0.2) is 0 Å². The molecule has 64 valence electrons. The lowest BCUT2D eigenvalue weighted by Gasteiger charge is -2.00. The average Bonchev–Trinajstić information content (AvgIpc) is 2.08. The minimum absolute atomic E-state index is 0.367. The number of carbonyl (C=O) groups excluding carboxylic acids is 1. The van der Waals surface area contributed by atoms with Crippen molar-refractivity contribution in [1.82, 2.24) is 0 Å². The number of halogens is 2. The largest absolute Gasteiger partial charge is 0.465 e. The number of methoxy groups -OCH3 is 1. The Kier molecular flexibility index (Phi) is 3.34. The van der Waals surface area contributed by atoms with Crippen molar-refractivity contribution in [3.63, 3.8) is 0 Å². The van der Waals surface area contributed by atoms with Crippen molar-refractivity contribution in [1.29, 1.82) is 0 Å². The number of benzene rings is 1. The number of esters is 1. The van der Waals surface area contributed by atoms with E-state index >= 15 is 0 Å². The molecule has 0 aliphatic rings. The summed E-state index contributed by atoms with van der Waals surface area (Å²) in [6, 6.07) is 5.05. The van der Waals surface area contributed by atoms with Gasteiger partial charge in [0, 0.05) is 3.57 Å². The van der Waals surface area contributed by atoms with Crippen LogP contribution in [0.4, 0.5) is 0 Å². The first-order valence-corrected chi connectivity index (χ1v) is 4.64. The fraction of sp³-hybridized carbons (Fsp3) is 0.125. The minimum Gasteiger partial charge on any atom is -0.465 e. The maximum Gasteiger partial charge on any atom is 0.337 e. The molecule has 0 fully saturated rings. The van der Waals surface area contributed by atoms with Crippen LogP contribution in [0.3, 0.4) is 0 Å². The highest BCUT2D eigenvalue weighted by Crippen LogP contribution is 2.19. The molecular formula is C8H6ClIO2. The Bertz CT molecular complexity index is 312. The van der Waals surface area contributed by atoms with Crippen LogP contribution in [-0.4, -0.2) is 13.1 Å². The molecule has 0 amide bonds. The number of carbonyl (C=O) groups is 1. The topological polar surface area (TPSA) is 26.3 Å². The van der Waals surface area contributed by atoms with Gasteiger partial charge in [0.1, 0.15) is 0 Å². The monoisotopic (exact) mass is 296 g/mol. The van der Waals surface area contributed by atoms with Crippen molar-refractivity contribution in [3.05, 3.63) is 32.4 Å². The first-order chi connectivity index (χ1) is 5.65. The molecule has 0 heterocycles. The van der Waals surface area contributed by atoms with E-state index in [2.05, 4.69) is 27.3 Å². The summed E-state index contributed by atoms with van der Waals surface area (Å²) in [5.74, 6) is -0.367. The van der Waals surface area contributed by atoms with Crippen molar-refractivity contribution in [2.45, 2.75) is 0 Å². The first-order valence-electron chi connectivity index (χ1n) is 3.18. The molecule has 0 saturated carbocycles. The van der Waals surface area contributed by atoms with Gasteiger partial charge in [-0.25, -0.2) is 4.79 Å². The lowest BCUT2D eigenvalue weighted by Crippen LogP contribution is -2.00. The van der Waals surface area contributed by atoms with E-state index in [1.165, 1.54) is 7.11 Å². The lowest BCUT2D eigenvalue weighted by atomic mass is 10.2. The summed E-state index contributed by atoms with van der Waals surface area (Å²) >= 11 is 7.89. The zero-order valence-corrected chi connectivity index (χ0v) is 9.22. The van der Waals surface area contributed by atoms with Crippen LogP contribution < -0.4 is 0 Å². The minimum atomic E-state index is -0.367. The number of hydrogen-bond acceptors (Lipinski definition) is 2. The van der Waals surface area contributed by atoms with E-state index in [0.29, 0.717) is 10.6 Å². The molecule has 0 radical (unpaired) electrons. The van der Waals surface area contributed by atoms with Crippen LogP contribution in [0.5, 0.6) is 0 Å². The molecule has 1 aromatic carbocycles. The van der Waals surface area contributed by atoms with Gasteiger partial charge in [0.2, 0.25) is 0 Å². The summed E-state index contributed by atoms with van der Waals surface area (Å²) in [7, 11) is 1.34. The predicted molar refractivity (Wildman–Crippen MR) is 55.5 cm³/mol. The third kappa shape index (κ3) is 2.10. The molecule has 0 saturated heterocycles. The summed E-state index contributed by atoms with van der Waals surface area (Å²) in [5, 5.41) is 0.568. The highest BCUT2D eigenvalue weighted by atomic mass is 127. The Morgan fingerprint density at radius 1 is 1.58 bits per heavy atom. The third-order valence-electron chi connectivity index (χ3n) is 1.34. The summed E-state index contributed by atoms with van der Waals surface area (Å²) in [6.45, 7) is 0. The van der Waals surface area contributed by atoms with Crippen LogP contribution in [0.1, 0.15) is 10.4 Å². The van der Waals surface area contributed by atoms with Gasteiger partial charge in [0.25, 0.3) is 0 Å². The summed E-state index contributed by atoms with van der Waals surface area (Å²) in [6.07, 6.45) is 0. The quantitative estimate of drug-likeness (QED) is 0.588. The fourth-order valence-electron chi connectivity index (χ4n) is 0.741. The molecule has 1 rings (SSSR count). The fourth-order valence-corrected chi connectivity index (χ4v) is 1.26. The lowest BCUT2D eigenvalue weighted by molar-refractivity contribution is 0.0600. The highest BCUT2D eigenvalue weighted by molar-refractivity contribution is 14.1. The maximum atomic E-state index is 11.0. The Morgan fingerprint density at radius 2 is 2.25 bits per heavy atom. The van der Waals surface area contributed by atoms with Crippen LogP contribution in [0.2, 0.25) is 5.02 Å². The molecule has 1 aromatic rings. The second kappa shape index (κ2) is 4.09. The number of ether oxygens (including phenoxy) is 1. The number of hydrogen-bond donors (Lipinski definition) is 0. The van der Waals surface area contributed by atoms with E-state index in [9.17, 15) is 4.79 Å². The summed E-state index contributed by atoms with van der Waals surface area (Å²) < 4.78 is 5.45. The van der Waals surface area contributed by atoms with Gasteiger partial charge in [0.05, 0.1) is 17.7 Å². The van der Waals surface area contributed by atoms with Crippen LogP contribution in [-0.2, 0) is 4.74 Å². The van der Waals surface area contributed by atoms with Gasteiger partial charge < -0.3 is 4.74 Å². The Morgan fingerprint density at radius 3 is 2.75 bits per heavy atom. The number of rotatable bonds is 1. The molecule has 0 unspecified atom stereocenters.